The van der Waals surface area contributed by atoms with Crippen molar-refractivity contribution in [3.63, 3.8) is 0 Å². The topological polar surface area (TPSA) is 86.8 Å². The third-order valence-electron chi connectivity index (χ3n) is 7.64. The fourth-order valence-electron chi connectivity index (χ4n) is 5.14. The number of nitrogens with one attached hydrogen (secondary N) is 1. The molecule has 0 radical (unpaired) electrons. The summed E-state index contributed by atoms with van der Waals surface area (Å²) in [5.41, 5.74) is 4.37. The Morgan fingerprint density at radius 2 is 1.58 bits per heavy atom. The van der Waals surface area contributed by atoms with E-state index in [-0.39, 0.29) is 24.4 Å². The number of carbonyl (C=O) groups is 1. The van der Waals surface area contributed by atoms with E-state index in [1.807, 2.05) is 30.3 Å². The number of aromatic nitrogens is 1. The van der Waals surface area contributed by atoms with Crippen LogP contribution >= 0.6 is 18.5 Å². The molecule has 48 heavy (non-hydrogen) atoms. The number of rotatable bonds is 18. The average Bonchev–Trinajstić information content (AvgIpc) is 3.51. The number of ketones is 1. The van der Waals surface area contributed by atoms with Gasteiger partial charge in [-0.2, -0.15) is 0 Å². The molecule has 7 nitrogen and oxygen atoms in total. The molecular formula is C38H42FN2O5PS. The van der Waals surface area contributed by atoms with Crippen LogP contribution in [0.15, 0.2) is 85.1 Å². The second-order valence-corrected chi connectivity index (χ2v) is 16.3. The van der Waals surface area contributed by atoms with Crippen molar-refractivity contribution in [2.75, 3.05) is 46.3 Å². The summed E-state index contributed by atoms with van der Waals surface area (Å²) in [6.07, 6.45) is 2.95. The van der Waals surface area contributed by atoms with Crippen LogP contribution in [0, 0.1) is 5.82 Å². The molecule has 5 aromatic rings. The van der Waals surface area contributed by atoms with Crippen LogP contribution in [0.25, 0.3) is 20.7 Å². The fourth-order valence-corrected chi connectivity index (χ4v) is 7.14. The molecule has 0 spiro atoms. The summed E-state index contributed by atoms with van der Waals surface area (Å²) in [4.78, 5) is 18.3. The third-order valence-corrected chi connectivity index (χ3v) is 10.3. The third kappa shape index (κ3) is 10.1. The van der Waals surface area contributed by atoms with Crippen LogP contribution in [0.3, 0.4) is 0 Å². The lowest BCUT2D eigenvalue weighted by atomic mass is 10.0. The summed E-state index contributed by atoms with van der Waals surface area (Å²) in [6.45, 7) is 9.67. The van der Waals surface area contributed by atoms with Crippen molar-refractivity contribution in [2.24, 2.45) is 0 Å². The Labute approximate surface area is 285 Å². The molecule has 10 heteroatoms. The van der Waals surface area contributed by atoms with Gasteiger partial charge in [-0.15, -0.1) is 11.3 Å². The maximum Gasteiger partial charge on any atom is 0.166 e. The van der Waals surface area contributed by atoms with Gasteiger partial charge in [0.1, 0.15) is 18.7 Å². The van der Waals surface area contributed by atoms with Crippen molar-refractivity contribution in [1.29, 1.82) is 0 Å². The molecular weight excluding hydrogens is 646 g/mol. The highest BCUT2D eigenvalue weighted by molar-refractivity contribution is 7.70. The standard InChI is InChI=1S/C38H42FN2O5PS/c1-4-17-44-19-20-45-18-16-40-26-27-8-11-30(12-9-27)37-25-34-38(48-37)36(14-15-41-34)46-35-13-10-29(24-33(35)39)22-31(42)21-28-6-5-7-32(23-28)47(2,3)43/h5-15,23-25,40H,4,16-22,26H2,1-3H3. The van der Waals surface area contributed by atoms with E-state index in [1.54, 1.807) is 49.1 Å². The fraction of sp³-hybridized carbons (Fsp3) is 0.316. The van der Waals surface area contributed by atoms with Gasteiger partial charge in [0.25, 0.3) is 0 Å². The second-order valence-electron chi connectivity index (χ2n) is 12.0. The highest BCUT2D eigenvalue weighted by Crippen LogP contribution is 2.40. The van der Waals surface area contributed by atoms with Gasteiger partial charge in [0, 0.05) is 55.0 Å². The maximum absolute atomic E-state index is 15.2. The quantitative estimate of drug-likeness (QED) is 0.0737. The highest BCUT2D eigenvalue weighted by Gasteiger charge is 2.16. The number of thiophene rings is 1. The zero-order valence-electron chi connectivity index (χ0n) is 27.7. The van der Waals surface area contributed by atoms with Gasteiger partial charge in [-0.25, -0.2) is 4.39 Å². The van der Waals surface area contributed by atoms with E-state index in [0.717, 1.165) is 57.6 Å². The minimum Gasteiger partial charge on any atom is -0.453 e. The molecule has 5 rings (SSSR count). The van der Waals surface area contributed by atoms with Crippen LogP contribution in [0.5, 0.6) is 11.5 Å². The van der Waals surface area contributed by atoms with Gasteiger partial charge in [0.15, 0.2) is 11.6 Å². The Kier molecular flexibility index (Phi) is 12.7. The lowest BCUT2D eigenvalue weighted by molar-refractivity contribution is -0.117. The molecule has 252 valence electrons. The molecule has 0 saturated carbocycles. The first kappa shape index (κ1) is 35.6. The van der Waals surface area contributed by atoms with E-state index in [0.29, 0.717) is 31.1 Å². The first-order valence-corrected chi connectivity index (χ1v) is 19.6. The zero-order chi connectivity index (χ0) is 33.9. The van der Waals surface area contributed by atoms with Crippen molar-refractivity contribution in [3.05, 3.63) is 108 Å². The molecule has 0 amide bonds. The number of halogens is 1. The van der Waals surface area contributed by atoms with Gasteiger partial charge in [-0.3, -0.25) is 9.78 Å². The summed E-state index contributed by atoms with van der Waals surface area (Å²) >= 11 is 1.54. The Balaban J connectivity index is 1.16. The molecule has 2 heterocycles. The van der Waals surface area contributed by atoms with Crippen molar-refractivity contribution < 1.29 is 28.0 Å². The minimum absolute atomic E-state index is 0.0532. The Bertz CT molecular complexity index is 1870. The maximum atomic E-state index is 15.2. The van der Waals surface area contributed by atoms with Gasteiger partial charge >= 0.3 is 0 Å². The number of pyridine rings is 1. The van der Waals surface area contributed by atoms with E-state index < -0.39 is 13.0 Å². The molecule has 0 aliphatic rings. The largest absolute Gasteiger partial charge is 0.453 e. The van der Waals surface area contributed by atoms with E-state index >= 15 is 4.39 Å². The zero-order valence-corrected chi connectivity index (χ0v) is 29.4. The van der Waals surface area contributed by atoms with Crippen LogP contribution in [-0.2, 0) is 38.2 Å². The van der Waals surface area contributed by atoms with Crippen molar-refractivity contribution in [3.8, 4) is 21.9 Å². The van der Waals surface area contributed by atoms with Crippen molar-refractivity contribution in [1.82, 2.24) is 10.3 Å². The van der Waals surface area contributed by atoms with Gasteiger partial charge in [0.05, 0.1) is 30.0 Å². The molecule has 0 unspecified atom stereocenters. The molecule has 1 N–H and O–H groups in total. The van der Waals surface area contributed by atoms with Gasteiger partial charge in [-0.05, 0) is 66.3 Å². The molecule has 0 atom stereocenters. The van der Waals surface area contributed by atoms with E-state index in [4.69, 9.17) is 14.2 Å². The van der Waals surface area contributed by atoms with Crippen LogP contribution in [-0.4, -0.2) is 57.1 Å². The number of fused-ring (bicyclic) bond motifs is 1. The highest BCUT2D eigenvalue weighted by atomic mass is 32.1. The number of ether oxygens (including phenoxy) is 3. The molecule has 0 aliphatic carbocycles. The van der Waals surface area contributed by atoms with E-state index in [9.17, 15) is 9.36 Å². The average molecular weight is 689 g/mol. The van der Waals surface area contributed by atoms with Crippen LogP contribution in [0.4, 0.5) is 4.39 Å². The Hall–Kier alpha value is -3.72. The molecule has 0 bridgehead atoms. The molecule has 0 saturated heterocycles. The summed E-state index contributed by atoms with van der Waals surface area (Å²) in [6, 6.07) is 24.1. The van der Waals surface area contributed by atoms with Crippen molar-refractivity contribution in [2.45, 2.75) is 32.7 Å². The van der Waals surface area contributed by atoms with Crippen LogP contribution in [0.1, 0.15) is 30.0 Å². The summed E-state index contributed by atoms with van der Waals surface area (Å²) < 4.78 is 45.5. The van der Waals surface area contributed by atoms with Crippen molar-refractivity contribution >= 4 is 39.8 Å². The summed E-state index contributed by atoms with van der Waals surface area (Å²) in [5, 5.41) is 4.14. The summed E-state index contributed by atoms with van der Waals surface area (Å²) in [5.74, 6) is -0.000691. The van der Waals surface area contributed by atoms with E-state index in [1.165, 1.54) is 11.6 Å². The normalized spacial score (nSPS) is 11.7. The van der Waals surface area contributed by atoms with Gasteiger partial charge in [-0.1, -0.05) is 55.5 Å². The predicted molar refractivity (Wildman–Crippen MR) is 193 cm³/mol. The number of Topliss-reactive ketones (excluding diaryl/α,β-unsaturated/α-hetero) is 1. The first-order valence-electron chi connectivity index (χ1n) is 16.2. The van der Waals surface area contributed by atoms with Crippen LogP contribution < -0.4 is 15.4 Å². The lowest BCUT2D eigenvalue weighted by Gasteiger charge is -2.10. The smallest absolute Gasteiger partial charge is 0.166 e. The monoisotopic (exact) mass is 688 g/mol. The minimum atomic E-state index is -2.42. The summed E-state index contributed by atoms with van der Waals surface area (Å²) in [7, 11) is -2.42. The van der Waals surface area contributed by atoms with Crippen LogP contribution in [0.2, 0.25) is 0 Å². The SMILES string of the molecule is CCCOCCOCCNCc1ccc(-c2cc3nccc(Oc4ccc(CC(=O)Cc5cccc(P(C)(C)=O)c5)cc4F)c3s2)cc1. The van der Waals surface area contributed by atoms with E-state index in [2.05, 4.69) is 41.5 Å². The molecule has 2 aromatic heterocycles. The number of benzene rings is 3. The Morgan fingerprint density at radius 3 is 2.31 bits per heavy atom. The second kappa shape index (κ2) is 17.1. The molecule has 3 aromatic carbocycles. The number of carbonyl (C=O) groups excluding carboxylic acids is 1. The van der Waals surface area contributed by atoms with Gasteiger partial charge < -0.3 is 24.1 Å². The number of nitrogens with zero attached hydrogens (tertiary/aromatic N) is 1. The number of hydrogen-bond donors (Lipinski definition) is 1. The Morgan fingerprint density at radius 1 is 0.854 bits per heavy atom. The first-order chi connectivity index (χ1) is 23.2. The lowest BCUT2D eigenvalue weighted by Crippen LogP contribution is -2.20. The molecule has 0 fully saturated rings. The van der Waals surface area contributed by atoms with Gasteiger partial charge in [0.2, 0.25) is 0 Å². The number of hydrogen-bond acceptors (Lipinski definition) is 8. The predicted octanol–water partition coefficient (Wildman–Crippen LogP) is 8.03. The molecule has 0 aliphatic heterocycles.